The van der Waals surface area contributed by atoms with Crippen LogP contribution in [0.3, 0.4) is 0 Å². The Morgan fingerprint density at radius 1 is 1.17 bits per heavy atom. The summed E-state index contributed by atoms with van der Waals surface area (Å²) in [5.74, 6) is 0. The fraction of sp³-hybridized carbons (Fsp3) is 0.500. The summed E-state index contributed by atoms with van der Waals surface area (Å²) in [6.07, 6.45) is 2.30. The number of hydrogen-bond acceptors (Lipinski definition) is 2. The van der Waals surface area contributed by atoms with Gasteiger partial charge in [-0.05, 0) is 54.5 Å². The molecule has 2 unspecified atom stereocenters. The summed E-state index contributed by atoms with van der Waals surface area (Å²) in [5.41, 5.74) is 7.16. The van der Waals surface area contributed by atoms with Crippen molar-refractivity contribution in [3.05, 3.63) is 41.0 Å². The third kappa shape index (κ3) is 1.80. The first kappa shape index (κ1) is 11.9. The lowest BCUT2D eigenvalue weighted by Crippen LogP contribution is -2.49. The van der Waals surface area contributed by atoms with Gasteiger partial charge in [-0.2, -0.15) is 0 Å². The van der Waals surface area contributed by atoms with E-state index in [0.29, 0.717) is 12.1 Å². The Morgan fingerprint density at radius 2 is 1.94 bits per heavy atom. The van der Waals surface area contributed by atoms with Crippen LogP contribution >= 0.6 is 0 Å². The third-order valence-corrected chi connectivity index (χ3v) is 4.49. The average Bonchev–Trinajstić information content (AvgIpc) is 2.74. The van der Waals surface area contributed by atoms with Crippen molar-refractivity contribution in [1.82, 2.24) is 10.6 Å². The van der Waals surface area contributed by atoms with Gasteiger partial charge in [-0.3, -0.25) is 0 Å². The first-order valence-electron chi connectivity index (χ1n) is 6.96. The van der Waals surface area contributed by atoms with E-state index in [-0.39, 0.29) is 0 Å². The number of rotatable bonds is 1. The first-order chi connectivity index (χ1) is 8.68. The maximum absolute atomic E-state index is 4.17. The van der Waals surface area contributed by atoms with Crippen LogP contribution in [0.1, 0.15) is 41.6 Å². The van der Waals surface area contributed by atoms with E-state index in [1.54, 1.807) is 0 Å². The highest BCUT2D eigenvalue weighted by molar-refractivity contribution is 5.72. The van der Waals surface area contributed by atoms with Crippen LogP contribution < -0.4 is 10.6 Å². The van der Waals surface area contributed by atoms with E-state index in [2.05, 4.69) is 43.2 Å². The highest BCUT2D eigenvalue weighted by Gasteiger charge is 2.26. The molecule has 3 rings (SSSR count). The van der Waals surface area contributed by atoms with Crippen molar-refractivity contribution < 1.29 is 0 Å². The van der Waals surface area contributed by atoms with Crippen molar-refractivity contribution in [2.24, 2.45) is 0 Å². The summed E-state index contributed by atoms with van der Waals surface area (Å²) in [4.78, 5) is 0. The van der Waals surface area contributed by atoms with Gasteiger partial charge >= 0.3 is 0 Å². The zero-order valence-electron chi connectivity index (χ0n) is 11.3. The minimum absolute atomic E-state index is 0.443. The monoisotopic (exact) mass is 242 g/mol. The van der Waals surface area contributed by atoms with Crippen molar-refractivity contribution in [2.75, 3.05) is 13.1 Å². The fourth-order valence-corrected chi connectivity index (χ4v) is 3.38. The van der Waals surface area contributed by atoms with Crippen LogP contribution in [0.2, 0.25) is 0 Å². The zero-order chi connectivity index (χ0) is 12.7. The van der Waals surface area contributed by atoms with Gasteiger partial charge < -0.3 is 10.6 Å². The van der Waals surface area contributed by atoms with Gasteiger partial charge in [0.1, 0.15) is 0 Å². The van der Waals surface area contributed by atoms with Gasteiger partial charge in [0, 0.05) is 25.2 Å². The average molecular weight is 242 g/mol. The summed E-state index contributed by atoms with van der Waals surface area (Å²) >= 11 is 0. The van der Waals surface area contributed by atoms with Gasteiger partial charge in [-0.15, -0.1) is 0 Å². The molecule has 1 aromatic carbocycles. The first-order valence-corrected chi connectivity index (χ1v) is 6.96. The molecule has 2 N–H and O–H groups in total. The standard InChI is InChI=1S/C16H22N2/c1-10-4-5-14-11(2)15(7-6-13(10)14)16-12(3)17-8-9-18-16/h6-7,12,16-18H,1,4-5,8-9H2,2-3H3. The molecule has 1 saturated heterocycles. The van der Waals surface area contributed by atoms with Crippen LogP contribution in [-0.2, 0) is 6.42 Å². The molecule has 0 aromatic heterocycles. The topological polar surface area (TPSA) is 24.1 Å². The highest BCUT2D eigenvalue weighted by atomic mass is 15.1. The molecule has 2 atom stereocenters. The van der Waals surface area contributed by atoms with E-state index in [9.17, 15) is 0 Å². The summed E-state index contributed by atoms with van der Waals surface area (Å²) in [7, 11) is 0. The molecule has 18 heavy (non-hydrogen) atoms. The van der Waals surface area contributed by atoms with Crippen LogP contribution in [0.15, 0.2) is 18.7 Å². The Labute approximate surface area is 109 Å². The lowest BCUT2D eigenvalue weighted by Gasteiger charge is -2.33. The summed E-state index contributed by atoms with van der Waals surface area (Å²) < 4.78 is 0. The van der Waals surface area contributed by atoms with Crippen molar-refractivity contribution in [2.45, 2.75) is 38.8 Å². The Balaban J connectivity index is 2.01. The zero-order valence-corrected chi connectivity index (χ0v) is 11.3. The van der Waals surface area contributed by atoms with Crippen LogP contribution in [0, 0.1) is 6.92 Å². The largest absolute Gasteiger partial charge is 0.311 e. The van der Waals surface area contributed by atoms with Crippen LogP contribution in [0.25, 0.3) is 5.57 Å². The molecule has 96 valence electrons. The van der Waals surface area contributed by atoms with E-state index in [1.165, 1.54) is 34.2 Å². The van der Waals surface area contributed by atoms with Crippen LogP contribution in [0.4, 0.5) is 0 Å². The van der Waals surface area contributed by atoms with Gasteiger partial charge in [0.2, 0.25) is 0 Å². The molecular formula is C16H22N2. The van der Waals surface area contributed by atoms with E-state index < -0.39 is 0 Å². The summed E-state index contributed by atoms with van der Waals surface area (Å²) in [6.45, 7) is 10.8. The van der Waals surface area contributed by atoms with Crippen molar-refractivity contribution in [3.63, 3.8) is 0 Å². The Morgan fingerprint density at radius 3 is 2.72 bits per heavy atom. The quantitative estimate of drug-likeness (QED) is 0.791. The molecule has 0 amide bonds. The lowest BCUT2D eigenvalue weighted by atomic mass is 9.90. The lowest BCUT2D eigenvalue weighted by molar-refractivity contribution is 0.344. The second-order valence-corrected chi connectivity index (χ2v) is 5.58. The van der Waals surface area contributed by atoms with E-state index in [0.717, 1.165) is 19.5 Å². The molecule has 0 saturated carbocycles. The molecule has 0 spiro atoms. The van der Waals surface area contributed by atoms with Crippen LogP contribution in [-0.4, -0.2) is 19.1 Å². The van der Waals surface area contributed by atoms with Gasteiger partial charge in [0.05, 0.1) is 0 Å². The molecule has 0 bridgehead atoms. The number of nitrogens with one attached hydrogen (secondary N) is 2. The second-order valence-electron chi connectivity index (χ2n) is 5.58. The molecule has 2 heteroatoms. The van der Waals surface area contributed by atoms with Gasteiger partial charge in [-0.25, -0.2) is 0 Å². The fourth-order valence-electron chi connectivity index (χ4n) is 3.38. The molecular weight excluding hydrogens is 220 g/mol. The predicted octanol–water partition coefficient (Wildman–Crippen LogP) is 2.58. The van der Waals surface area contributed by atoms with Gasteiger partial charge in [0.15, 0.2) is 0 Å². The van der Waals surface area contributed by atoms with Gasteiger partial charge in [-0.1, -0.05) is 18.7 Å². The normalized spacial score (nSPS) is 27.3. The molecule has 2 aliphatic rings. The van der Waals surface area contributed by atoms with E-state index in [4.69, 9.17) is 0 Å². The van der Waals surface area contributed by atoms with Crippen molar-refractivity contribution in [3.8, 4) is 0 Å². The number of benzene rings is 1. The molecule has 1 aromatic rings. The minimum atomic E-state index is 0.443. The number of hydrogen-bond donors (Lipinski definition) is 2. The predicted molar refractivity (Wildman–Crippen MR) is 76.7 cm³/mol. The number of piperazine rings is 1. The Kier molecular flexibility index (Phi) is 3.00. The third-order valence-electron chi connectivity index (χ3n) is 4.49. The molecule has 0 radical (unpaired) electrons. The SMILES string of the molecule is C=C1CCc2c1ccc(C1NCCNC1C)c2C. The number of allylic oxidation sites excluding steroid dienone is 1. The van der Waals surface area contributed by atoms with Gasteiger partial charge in [0.25, 0.3) is 0 Å². The summed E-state index contributed by atoms with van der Waals surface area (Å²) in [5, 5.41) is 7.20. The summed E-state index contributed by atoms with van der Waals surface area (Å²) in [6, 6.07) is 5.51. The van der Waals surface area contributed by atoms with E-state index in [1.807, 2.05) is 0 Å². The molecule has 1 aliphatic heterocycles. The van der Waals surface area contributed by atoms with Crippen molar-refractivity contribution >= 4 is 5.57 Å². The molecule has 2 nitrogen and oxygen atoms in total. The Hall–Kier alpha value is -1.12. The highest BCUT2D eigenvalue weighted by Crippen LogP contribution is 2.36. The molecule has 1 fully saturated rings. The van der Waals surface area contributed by atoms with E-state index >= 15 is 0 Å². The van der Waals surface area contributed by atoms with Crippen molar-refractivity contribution in [1.29, 1.82) is 0 Å². The molecule has 1 aliphatic carbocycles. The minimum Gasteiger partial charge on any atom is -0.311 e. The molecule has 1 heterocycles. The maximum atomic E-state index is 4.17. The van der Waals surface area contributed by atoms with Crippen LogP contribution in [0.5, 0.6) is 0 Å². The number of fused-ring (bicyclic) bond motifs is 1. The smallest absolute Gasteiger partial charge is 0.0476 e. The maximum Gasteiger partial charge on any atom is 0.0476 e. The second kappa shape index (κ2) is 4.52. The Bertz CT molecular complexity index is 490.